The standard InChI is InChI=1S/C18H22N2O3S/c1-24(22,23)20-11-5-9-16(13-20)18(21)19-12-15-8-4-7-14-6-2-3-10-17(14)15/h2-4,6-8,10,16H,5,9,11-13H2,1H3,(H,19,21)/t16-/m1/s1. The second kappa shape index (κ2) is 6.91. The summed E-state index contributed by atoms with van der Waals surface area (Å²) >= 11 is 0. The van der Waals surface area contributed by atoms with Crippen LogP contribution in [0.2, 0.25) is 0 Å². The quantitative estimate of drug-likeness (QED) is 0.922. The SMILES string of the molecule is CS(=O)(=O)N1CCC[C@@H](C(=O)NCc2cccc3ccccc23)C1. The Bertz CT molecular complexity index is 843. The van der Waals surface area contributed by atoms with Gasteiger partial charge in [-0.1, -0.05) is 42.5 Å². The summed E-state index contributed by atoms with van der Waals surface area (Å²) in [6.07, 6.45) is 2.65. The van der Waals surface area contributed by atoms with Gasteiger partial charge in [0.05, 0.1) is 12.2 Å². The third-order valence-corrected chi connectivity index (χ3v) is 5.83. The molecule has 6 heteroatoms. The van der Waals surface area contributed by atoms with E-state index < -0.39 is 10.0 Å². The molecule has 0 aliphatic carbocycles. The summed E-state index contributed by atoms with van der Waals surface area (Å²) in [5, 5.41) is 5.24. The van der Waals surface area contributed by atoms with Crippen LogP contribution in [0.15, 0.2) is 42.5 Å². The van der Waals surface area contributed by atoms with Crippen molar-refractivity contribution in [1.29, 1.82) is 0 Å². The van der Waals surface area contributed by atoms with Crippen LogP contribution in [0.5, 0.6) is 0 Å². The van der Waals surface area contributed by atoms with Gasteiger partial charge in [-0.05, 0) is 29.2 Å². The van der Waals surface area contributed by atoms with Gasteiger partial charge >= 0.3 is 0 Å². The van der Waals surface area contributed by atoms with Crippen LogP contribution in [0.25, 0.3) is 10.8 Å². The lowest BCUT2D eigenvalue weighted by Gasteiger charge is -2.30. The van der Waals surface area contributed by atoms with Crippen LogP contribution in [-0.2, 0) is 21.4 Å². The van der Waals surface area contributed by atoms with Crippen molar-refractivity contribution in [3.63, 3.8) is 0 Å². The lowest BCUT2D eigenvalue weighted by Crippen LogP contribution is -2.44. The Morgan fingerprint density at radius 1 is 1.21 bits per heavy atom. The van der Waals surface area contributed by atoms with Crippen molar-refractivity contribution in [3.05, 3.63) is 48.0 Å². The fraction of sp³-hybridized carbons (Fsp3) is 0.389. The number of rotatable bonds is 4. The molecule has 0 spiro atoms. The van der Waals surface area contributed by atoms with Gasteiger partial charge in [0, 0.05) is 19.6 Å². The van der Waals surface area contributed by atoms with Gasteiger partial charge in [-0.2, -0.15) is 0 Å². The number of hydrogen-bond donors (Lipinski definition) is 1. The molecule has 1 aliphatic rings. The van der Waals surface area contributed by atoms with Gasteiger partial charge < -0.3 is 5.32 Å². The third kappa shape index (κ3) is 3.76. The Balaban J connectivity index is 1.67. The largest absolute Gasteiger partial charge is 0.352 e. The topological polar surface area (TPSA) is 66.5 Å². The molecule has 5 nitrogen and oxygen atoms in total. The van der Waals surface area contributed by atoms with E-state index in [0.717, 1.165) is 29.2 Å². The number of hydrogen-bond acceptors (Lipinski definition) is 3. The first-order valence-electron chi connectivity index (χ1n) is 8.14. The molecule has 128 valence electrons. The molecule has 2 aromatic rings. The Labute approximate surface area is 142 Å². The molecule has 24 heavy (non-hydrogen) atoms. The molecule has 0 radical (unpaired) electrons. The number of carbonyl (C=O) groups excluding carboxylic acids is 1. The highest BCUT2D eigenvalue weighted by Crippen LogP contribution is 2.20. The summed E-state index contributed by atoms with van der Waals surface area (Å²) in [5.74, 6) is -0.347. The number of piperidine rings is 1. The van der Waals surface area contributed by atoms with Crippen molar-refractivity contribution in [2.24, 2.45) is 5.92 Å². The molecule has 1 amide bonds. The molecule has 2 aromatic carbocycles. The fourth-order valence-electron chi connectivity index (χ4n) is 3.23. The summed E-state index contributed by atoms with van der Waals surface area (Å²) in [5.41, 5.74) is 1.07. The predicted octanol–water partition coefficient (Wildman–Crippen LogP) is 2.13. The number of nitrogens with zero attached hydrogens (tertiary/aromatic N) is 1. The van der Waals surface area contributed by atoms with Crippen LogP contribution in [0, 0.1) is 5.92 Å². The van der Waals surface area contributed by atoms with E-state index in [4.69, 9.17) is 0 Å². The Morgan fingerprint density at radius 3 is 2.75 bits per heavy atom. The van der Waals surface area contributed by atoms with Crippen LogP contribution in [0.1, 0.15) is 18.4 Å². The van der Waals surface area contributed by atoms with Crippen molar-refractivity contribution < 1.29 is 13.2 Å². The molecule has 0 saturated carbocycles. The summed E-state index contributed by atoms with van der Waals surface area (Å²) < 4.78 is 24.8. The normalized spacial score (nSPS) is 19.3. The molecule has 3 rings (SSSR count). The van der Waals surface area contributed by atoms with E-state index in [2.05, 4.69) is 5.32 Å². The number of benzene rings is 2. The van der Waals surface area contributed by atoms with Crippen LogP contribution in [-0.4, -0.2) is 38.0 Å². The van der Waals surface area contributed by atoms with Gasteiger partial charge in [-0.3, -0.25) is 4.79 Å². The Kier molecular flexibility index (Phi) is 4.87. The van der Waals surface area contributed by atoms with E-state index >= 15 is 0 Å². The second-order valence-corrected chi connectivity index (χ2v) is 8.30. The van der Waals surface area contributed by atoms with Gasteiger partial charge in [0.15, 0.2) is 0 Å². The summed E-state index contributed by atoms with van der Waals surface area (Å²) in [6.45, 7) is 1.24. The van der Waals surface area contributed by atoms with Gasteiger partial charge in [0.25, 0.3) is 0 Å². The Hall–Kier alpha value is -1.92. The maximum absolute atomic E-state index is 12.4. The smallest absolute Gasteiger partial charge is 0.224 e. The van der Waals surface area contributed by atoms with E-state index in [0.29, 0.717) is 13.1 Å². The van der Waals surface area contributed by atoms with Crippen LogP contribution in [0.3, 0.4) is 0 Å². The molecule has 1 heterocycles. The van der Waals surface area contributed by atoms with Crippen LogP contribution >= 0.6 is 0 Å². The maximum Gasteiger partial charge on any atom is 0.224 e. The van der Waals surface area contributed by atoms with Gasteiger partial charge in [0.2, 0.25) is 15.9 Å². The highest BCUT2D eigenvalue weighted by molar-refractivity contribution is 7.88. The van der Waals surface area contributed by atoms with E-state index in [9.17, 15) is 13.2 Å². The summed E-state index contributed by atoms with van der Waals surface area (Å²) in [6, 6.07) is 14.1. The number of amides is 1. The van der Waals surface area contributed by atoms with Gasteiger partial charge in [0.1, 0.15) is 0 Å². The van der Waals surface area contributed by atoms with Crippen LogP contribution in [0.4, 0.5) is 0 Å². The molecular formula is C18H22N2O3S. The van der Waals surface area contributed by atoms with E-state index in [-0.39, 0.29) is 18.4 Å². The monoisotopic (exact) mass is 346 g/mol. The number of fused-ring (bicyclic) bond motifs is 1. The van der Waals surface area contributed by atoms with E-state index in [1.807, 2.05) is 42.5 Å². The van der Waals surface area contributed by atoms with Gasteiger partial charge in [-0.25, -0.2) is 12.7 Å². The first-order chi connectivity index (χ1) is 11.4. The number of nitrogens with one attached hydrogen (secondary N) is 1. The lowest BCUT2D eigenvalue weighted by molar-refractivity contribution is -0.126. The molecule has 1 N–H and O–H groups in total. The average molecular weight is 346 g/mol. The number of sulfonamides is 1. The molecule has 0 bridgehead atoms. The minimum absolute atomic E-state index is 0.0729. The zero-order valence-corrected chi connectivity index (χ0v) is 14.6. The molecule has 1 fully saturated rings. The molecular weight excluding hydrogens is 324 g/mol. The van der Waals surface area contributed by atoms with Crippen molar-refractivity contribution in [3.8, 4) is 0 Å². The zero-order chi connectivity index (χ0) is 17.2. The molecule has 1 atom stereocenters. The van der Waals surface area contributed by atoms with Crippen molar-refractivity contribution in [1.82, 2.24) is 9.62 Å². The minimum Gasteiger partial charge on any atom is -0.352 e. The van der Waals surface area contributed by atoms with Crippen molar-refractivity contribution >= 4 is 26.7 Å². The van der Waals surface area contributed by atoms with Crippen molar-refractivity contribution in [2.75, 3.05) is 19.3 Å². The maximum atomic E-state index is 12.4. The fourth-order valence-corrected chi connectivity index (χ4v) is 4.14. The highest BCUT2D eigenvalue weighted by atomic mass is 32.2. The van der Waals surface area contributed by atoms with Crippen LogP contribution < -0.4 is 5.32 Å². The van der Waals surface area contributed by atoms with E-state index in [1.54, 1.807) is 0 Å². The zero-order valence-electron chi connectivity index (χ0n) is 13.7. The summed E-state index contributed by atoms with van der Waals surface area (Å²) in [4.78, 5) is 12.4. The van der Waals surface area contributed by atoms with E-state index in [1.165, 1.54) is 10.6 Å². The summed E-state index contributed by atoms with van der Waals surface area (Å²) in [7, 11) is -3.23. The number of carbonyl (C=O) groups is 1. The van der Waals surface area contributed by atoms with Crippen molar-refractivity contribution in [2.45, 2.75) is 19.4 Å². The second-order valence-electron chi connectivity index (χ2n) is 6.32. The molecule has 1 saturated heterocycles. The lowest BCUT2D eigenvalue weighted by atomic mass is 9.98. The first-order valence-corrected chi connectivity index (χ1v) is 9.99. The van der Waals surface area contributed by atoms with Gasteiger partial charge in [-0.15, -0.1) is 0 Å². The predicted molar refractivity (Wildman–Crippen MR) is 94.9 cm³/mol. The molecule has 0 unspecified atom stereocenters. The Morgan fingerprint density at radius 2 is 1.96 bits per heavy atom. The highest BCUT2D eigenvalue weighted by Gasteiger charge is 2.29. The third-order valence-electron chi connectivity index (χ3n) is 4.56. The average Bonchev–Trinajstić information content (AvgIpc) is 2.59. The minimum atomic E-state index is -3.23. The molecule has 0 aromatic heterocycles. The molecule has 1 aliphatic heterocycles. The first kappa shape index (κ1) is 16.9.